The number of nitrogens with one attached hydrogen (secondary N) is 2. The molecule has 0 fully saturated rings. The fourth-order valence-corrected chi connectivity index (χ4v) is 2.54. The fraction of sp³-hybridized carbons (Fsp3) is 0.200. The van der Waals surface area contributed by atoms with Gasteiger partial charge in [0.2, 0.25) is 4.33 Å². The van der Waals surface area contributed by atoms with Gasteiger partial charge in [-0.25, -0.2) is 0 Å². The molecule has 0 aromatic heterocycles. The van der Waals surface area contributed by atoms with Crippen molar-refractivity contribution in [2.75, 3.05) is 16.4 Å². The second kappa shape index (κ2) is 3.79. The minimum Gasteiger partial charge on any atom is -0.344 e. The zero-order valence-electron chi connectivity index (χ0n) is 7.66. The van der Waals surface area contributed by atoms with Gasteiger partial charge >= 0.3 is 0 Å². The van der Waals surface area contributed by atoms with E-state index in [1.165, 1.54) is 0 Å². The Kier molecular flexibility index (Phi) is 2.65. The van der Waals surface area contributed by atoms with E-state index in [0.29, 0.717) is 0 Å². The first-order chi connectivity index (χ1) is 6.73. The summed E-state index contributed by atoms with van der Waals surface area (Å²) in [4.78, 5) is 0. The Bertz CT molecular complexity index is 327. The van der Waals surface area contributed by atoms with Gasteiger partial charge in [-0.2, -0.15) is 0 Å². The summed E-state index contributed by atoms with van der Waals surface area (Å²) in [7, 11) is 0. The van der Waals surface area contributed by atoms with Crippen molar-refractivity contribution >= 4 is 35.8 Å². The number of anilines is 2. The topological polar surface area (TPSA) is 24.1 Å². The lowest BCUT2D eigenvalue weighted by molar-refractivity contribution is 1.13. The normalized spacial score (nSPS) is 16.6. The van der Waals surface area contributed by atoms with Gasteiger partial charge in [-0.3, -0.25) is 0 Å². The third-order valence-corrected chi connectivity index (χ3v) is 3.58. The molecule has 1 aromatic rings. The lowest BCUT2D eigenvalue weighted by Gasteiger charge is -2.23. The minimum absolute atomic E-state index is 0.405. The molecule has 0 saturated heterocycles. The Morgan fingerprint density at radius 3 is 2.43 bits per heavy atom. The van der Waals surface area contributed by atoms with E-state index in [1.54, 1.807) is 11.8 Å². The molecule has 2 N–H and O–H groups in total. The summed E-state index contributed by atoms with van der Waals surface area (Å²) in [5, 5.41) is 6.63. The van der Waals surface area contributed by atoms with Crippen molar-refractivity contribution in [2.24, 2.45) is 0 Å². The highest BCUT2D eigenvalue weighted by Crippen LogP contribution is 2.41. The van der Waals surface area contributed by atoms with E-state index in [-0.39, 0.29) is 0 Å². The van der Waals surface area contributed by atoms with Crippen LogP contribution >= 0.6 is 24.4 Å². The number of benzene rings is 1. The predicted octanol–water partition coefficient (Wildman–Crippen LogP) is 2.98. The molecular formula is C10H12N2S2. The Labute approximate surface area is 93.6 Å². The number of thiol groups is 1. The van der Waals surface area contributed by atoms with Gasteiger partial charge in [0.25, 0.3) is 0 Å². The lowest BCUT2D eigenvalue weighted by atomic mass is 10.3. The maximum Gasteiger partial charge on any atom is 0.204 e. The highest BCUT2D eigenvalue weighted by Gasteiger charge is 2.32. The van der Waals surface area contributed by atoms with Gasteiger partial charge in [-0.1, -0.05) is 30.0 Å². The van der Waals surface area contributed by atoms with Gasteiger partial charge < -0.3 is 10.6 Å². The van der Waals surface area contributed by atoms with Crippen LogP contribution < -0.4 is 10.6 Å². The molecular weight excluding hydrogens is 212 g/mol. The molecule has 2 nitrogen and oxygen atoms in total. The Morgan fingerprint density at radius 2 is 1.93 bits per heavy atom. The number of rotatable bonds is 3. The number of fused-ring (bicyclic) bond motifs is 1. The van der Waals surface area contributed by atoms with Crippen LogP contribution in [0.25, 0.3) is 0 Å². The Morgan fingerprint density at radius 1 is 1.36 bits per heavy atom. The number of hydrogen-bond acceptors (Lipinski definition) is 4. The molecule has 1 aliphatic heterocycles. The maximum atomic E-state index is 4.55. The molecule has 1 aromatic carbocycles. The Hall–Kier alpha value is -0.740. The van der Waals surface area contributed by atoms with Crippen LogP contribution in [-0.2, 0) is 0 Å². The number of para-hydroxylation sites is 2. The molecule has 4 heteroatoms. The van der Waals surface area contributed by atoms with E-state index in [4.69, 9.17) is 0 Å². The van der Waals surface area contributed by atoms with Gasteiger partial charge in [0.15, 0.2) is 0 Å². The molecule has 0 aliphatic carbocycles. The van der Waals surface area contributed by atoms with Gasteiger partial charge in [-0.05, 0) is 12.1 Å². The first kappa shape index (κ1) is 9.80. The van der Waals surface area contributed by atoms with Crippen molar-refractivity contribution in [1.29, 1.82) is 0 Å². The maximum absolute atomic E-state index is 4.55. The molecule has 0 atom stereocenters. The third-order valence-electron chi connectivity index (χ3n) is 1.95. The fourth-order valence-electron chi connectivity index (χ4n) is 1.35. The van der Waals surface area contributed by atoms with Crippen LogP contribution in [0.1, 0.15) is 0 Å². The van der Waals surface area contributed by atoms with Crippen LogP contribution in [0, 0.1) is 0 Å². The molecule has 74 valence electrons. The Balaban J connectivity index is 2.13. The van der Waals surface area contributed by atoms with Crippen molar-refractivity contribution in [3.63, 3.8) is 0 Å². The van der Waals surface area contributed by atoms with Crippen LogP contribution in [0.5, 0.6) is 0 Å². The molecule has 1 heterocycles. The molecule has 14 heavy (non-hydrogen) atoms. The zero-order chi connectivity index (χ0) is 10.0. The molecule has 0 amide bonds. The summed E-state index contributed by atoms with van der Waals surface area (Å²) in [6.07, 6.45) is 1.87. The largest absolute Gasteiger partial charge is 0.344 e. The van der Waals surface area contributed by atoms with Crippen molar-refractivity contribution in [3.05, 3.63) is 36.9 Å². The van der Waals surface area contributed by atoms with E-state index < -0.39 is 4.33 Å². The summed E-state index contributed by atoms with van der Waals surface area (Å²) >= 11 is 6.22. The standard InChI is InChI=1S/C10H12N2S2/c1-2-7-14-10(13)11-8-5-3-4-6-9(8)12-10/h2-6,11-13H,1,7H2. The van der Waals surface area contributed by atoms with E-state index in [2.05, 4.69) is 29.8 Å². The monoisotopic (exact) mass is 224 g/mol. The number of thioether (sulfide) groups is 1. The molecule has 1 aliphatic rings. The van der Waals surface area contributed by atoms with Gasteiger partial charge in [-0.15, -0.1) is 19.2 Å². The van der Waals surface area contributed by atoms with E-state index in [1.807, 2.05) is 30.3 Å². The third kappa shape index (κ3) is 1.86. The predicted molar refractivity (Wildman–Crippen MR) is 68.1 cm³/mol. The first-order valence-electron chi connectivity index (χ1n) is 4.36. The molecule has 2 rings (SSSR count). The summed E-state index contributed by atoms with van der Waals surface area (Å²) in [5.41, 5.74) is 2.19. The SMILES string of the molecule is C=CCSC1(S)Nc2ccccc2N1. The summed E-state index contributed by atoms with van der Waals surface area (Å²) < 4.78 is -0.405. The highest BCUT2D eigenvalue weighted by atomic mass is 32.2. The minimum atomic E-state index is -0.405. The van der Waals surface area contributed by atoms with E-state index >= 15 is 0 Å². The smallest absolute Gasteiger partial charge is 0.204 e. The molecule has 0 radical (unpaired) electrons. The quantitative estimate of drug-likeness (QED) is 0.418. The summed E-state index contributed by atoms with van der Waals surface area (Å²) in [5.74, 6) is 0.859. The van der Waals surface area contributed by atoms with Crippen molar-refractivity contribution in [1.82, 2.24) is 0 Å². The second-order valence-electron chi connectivity index (χ2n) is 3.04. The molecule has 0 saturated carbocycles. The van der Waals surface area contributed by atoms with Crippen molar-refractivity contribution in [2.45, 2.75) is 4.33 Å². The summed E-state index contributed by atoms with van der Waals surface area (Å²) in [6, 6.07) is 8.08. The second-order valence-corrected chi connectivity index (χ2v) is 5.25. The van der Waals surface area contributed by atoms with Crippen molar-refractivity contribution < 1.29 is 0 Å². The van der Waals surface area contributed by atoms with Crippen LogP contribution in [0.3, 0.4) is 0 Å². The zero-order valence-corrected chi connectivity index (χ0v) is 9.37. The molecule has 0 bridgehead atoms. The van der Waals surface area contributed by atoms with Crippen LogP contribution in [0.15, 0.2) is 36.9 Å². The number of hydrogen-bond donors (Lipinski definition) is 3. The van der Waals surface area contributed by atoms with Crippen LogP contribution in [-0.4, -0.2) is 10.1 Å². The molecule has 0 unspecified atom stereocenters. The van der Waals surface area contributed by atoms with E-state index in [0.717, 1.165) is 17.1 Å². The lowest BCUT2D eigenvalue weighted by Crippen LogP contribution is -2.31. The highest BCUT2D eigenvalue weighted by molar-refractivity contribution is 8.12. The van der Waals surface area contributed by atoms with Gasteiger partial charge in [0.05, 0.1) is 11.4 Å². The average Bonchev–Trinajstić information content (AvgIpc) is 2.51. The van der Waals surface area contributed by atoms with E-state index in [9.17, 15) is 0 Å². The average molecular weight is 224 g/mol. The van der Waals surface area contributed by atoms with Crippen LogP contribution in [0.2, 0.25) is 0 Å². The first-order valence-corrected chi connectivity index (χ1v) is 5.79. The van der Waals surface area contributed by atoms with Gasteiger partial charge in [0.1, 0.15) is 0 Å². The van der Waals surface area contributed by atoms with Crippen LogP contribution in [0.4, 0.5) is 11.4 Å². The van der Waals surface area contributed by atoms with Crippen molar-refractivity contribution in [3.8, 4) is 0 Å². The molecule has 0 spiro atoms. The van der Waals surface area contributed by atoms with Gasteiger partial charge in [0, 0.05) is 5.75 Å². The summed E-state index contributed by atoms with van der Waals surface area (Å²) in [6.45, 7) is 3.69.